The van der Waals surface area contributed by atoms with E-state index >= 15 is 0 Å². The molecule has 0 heterocycles. The zero-order valence-corrected chi connectivity index (χ0v) is 11.4. The number of phenols is 1. The molecular weight excluding hydrogens is 231 g/mol. The van der Waals surface area contributed by atoms with E-state index in [1.165, 1.54) is 18.2 Å². The molecule has 18 heavy (non-hydrogen) atoms. The molecule has 0 bridgehead atoms. The molecule has 0 aliphatic carbocycles. The lowest BCUT2D eigenvalue weighted by atomic mass is 9.93. The van der Waals surface area contributed by atoms with E-state index in [1.54, 1.807) is 0 Å². The van der Waals surface area contributed by atoms with Crippen LogP contribution < -0.4 is 5.73 Å². The van der Waals surface area contributed by atoms with Gasteiger partial charge in [-0.3, -0.25) is 4.90 Å². The molecule has 3 nitrogen and oxygen atoms in total. The predicted octanol–water partition coefficient (Wildman–Crippen LogP) is 2.34. The molecule has 0 fully saturated rings. The highest BCUT2D eigenvalue weighted by molar-refractivity contribution is 5.32. The molecule has 0 amide bonds. The average molecular weight is 254 g/mol. The van der Waals surface area contributed by atoms with E-state index in [-0.39, 0.29) is 17.0 Å². The third kappa shape index (κ3) is 4.27. The van der Waals surface area contributed by atoms with E-state index in [4.69, 9.17) is 5.73 Å². The quantitative estimate of drug-likeness (QED) is 0.819. The van der Waals surface area contributed by atoms with Crippen molar-refractivity contribution in [3.8, 4) is 5.75 Å². The largest absolute Gasteiger partial charge is 0.508 e. The highest BCUT2D eigenvalue weighted by Gasteiger charge is 2.20. The molecule has 3 N–H and O–H groups in total. The van der Waals surface area contributed by atoms with Crippen LogP contribution in [0.25, 0.3) is 0 Å². The van der Waals surface area contributed by atoms with Crippen molar-refractivity contribution in [1.82, 2.24) is 4.90 Å². The summed E-state index contributed by atoms with van der Waals surface area (Å²) in [5.74, 6) is -0.183. The summed E-state index contributed by atoms with van der Waals surface area (Å²) >= 11 is 0. The second-order valence-corrected chi connectivity index (χ2v) is 5.44. The third-order valence-corrected chi connectivity index (χ3v) is 3.09. The molecule has 1 aromatic rings. The second kappa shape index (κ2) is 6.16. The molecule has 1 aromatic carbocycles. The topological polar surface area (TPSA) is 49.5 Å². The number of nitrogens with two attached hydrogens (primary N) is 1. The first-order valence-corrected chi connectivity index (χ1v) is 6.28. The Morgan fingerprint density at radius 2 is 2.06 bits per heavy atom. The Morgan fingerprint density at radius 1 is 1.39 bits per heavy atom. The molecule has 0 radical (unpaired) electrons. The molecule has 0 aliphatic rings. The van der Waals surface area contributed by atoms with Gasteiger partial charge < -0.3 is 10.8 Å². The molecule has 102 valence electrons. The van der Waals surface area contributed by atoms with Gasteiger partial charge in [0.25, 0.3) is 0 Å². The minimum Gasteiger partial charge on any atom is -0.508 e. The number of rotatable bonds is 6. The first kappa shape index (κ1) is 14.9. The van der Waals surface area contributed by atoms with Gasteiger partial charge in [0.05, 0.1) is 0 Å². The summed E-state index contributed by atoms with van der Waals surface area (Å²) < 4.78 is 13.2. The Labute approximate surface area is 108 Å². The summed E-state index contributed by atoms with van der Waals surface area (Å²) in [5.41, 5.74) is 6.35. The number of hydrogen-bond acceptors (Lipinski definition) is 3. The Morgan fingerprint density at radius 3 is 2.61 bits per heavy atom. The second-order valence-electron chi connectivity index (χ2n) is 5.44. The summed E-state index contributed by atoms with van der Waals surface area (Å²) in [7, 11) is 0. The molecule has 0 saturated heterocycles. The third-order valence-electron chi connectivity index (χ3n) is 3.09. The van der Waals surface area contributed by atoms with Crippen molar-refractivity contribution in [2.24, 2.45) is 11.1 Å². The standard InChI is InChI=1S/C14H23FN2O/c1-4-17(10-14(2,3)9-16)8-11-7-12(15)5-6-13(11)18/h5-7,18H,4,8-10,16H2,1-3H3. The van der Waals surface area contributed by atoms with E-state index in [1.807, 2.05) is 6.92 Å². The number of aromatic hydroxyl groups is 1. The van der Waals surface area contributed by atoms with Gasteiger partial charge in [-0.1, -0.05) is 20.8 Å². The van der Waals surface area contributed by atoms with Crippen LogP contribution >= 0.6 is 0 Å². The molecule has 0 atom stereocenters. The van der Waals surface area contributed by atoms with Crippen LogP contribution in [-0.4, -0.2) is 29.6 Å². The van der Waals surface area contributed by atoms with E-state index in [2.05, 4.69) is 18.7 Å². The minimum atomic E-state index is -0.322. The van der Waals surface area contributed by atoms with Gasteiger partial charge in [-0.05, 0) is 36.7 Å². The predicted molar refractivity (Wildman–Crippen MR) is 71.9 cm³/mol. The minimum absolute atomic E-state index is 0.0129. The van der Waals surface area contributed by atoms with Crippen molar-refractivity contribution in [2.45, 2.75) is 27.3 Å². The Hall–Kier alpha value is -1.13. The maximum absolute atomic E-state index is 13.2. The Kier molecular flexibility index (Phi) is 5.11. The van der Waals surface area contributed by atoms with Gasteiger partial charge in [0, 0.05) is 18.7 Å². The summed E-state index contributed by atoms with van der Waals surface area (Å²) in [5, 5.41) is 9.72. The fourth-order valence-corrected chi connectivity index (χ4v) is 1.87. The normalized spacial score (nSPS) is 12.1. The summed E-state index contributed by atoms with van der Waals surface area (Å²) in [4.78, 5) is 2.15. The van der Waals surface area contributed by atoms with Crippen molar-refractivity contribution in [3.63, 3.8) is 0 Å². The zero-order valence-electron chi connectivity index (χ0n) is 11.4. The lowest BCUT2D eigenvalue weighted by Gasteiger charge is -2.31. The van der Waals surface area contributed by atoms with Crippen molar-refractivity contribution in [1.29, 1.82) is 0 Å². The zero-order chi connectivity index (χ0) is 13.8. The van der Waals surface area contributed by atoms with Crippen molar-refractivity contribution >= 4 is 0 Å². The number of phenolic OH excluding ortho intramolecular Hbond substituents is 1. The Bertz CT molecular complexity index is 393. The van der Waals surface area contributed by atoms with E-state index in [0.29, 0.717) is 18.7 Å². The molecule has 0 aliphatic heterocycles. The van der Waals surface area contributed by atoms with Crippen LogP contribution in [-0.2, 0) is 6.54 Å². The van der Waals surface area contributed by atoms with Gasteiger partial charge >= 0.3 is 0 Å². The van der Waals surface area contributed by atoms with Crippen LogP contribution in [0.1, 0.15) is 26.3 Å². The monoisotopic (exact) mass is 254 g/mol. The van der Waals surface area contributed by atoms with Gasteiger partial charge in [-0.2, -0.15) is 0 Å². The van der Waals surface area contributed by atoms with Crippen LogP contribution in [0.4, 0.5) is 4.39 Å². The molecule has 0 saturated carbocycles. The highest BCUT2D eigenvalue weighted by Crippen LogP contribution is 2.22. The SMILES string of the molecule is CCN(Cc1cc(F)ccc1O)CC(C)(C)CN. The number of halogens is 1. The van der Waals surface area contributed by atoms with E-state index in [0.717, 1.165) is 13.1 Å². The Balaban J connectivity index is 2.77. The maximum atomic E-state index is 13.2. The van der Waals surface area contributed by atoms with Crippen LogP contribution in [0.2, 0.25) is 0 Å². The number of hydrogen-bond donors (Lipinski definition) is 2. The first-order valence-electron chi connectivity index (χ1n) is 6.28. The molecule has 0 unspecified atom stereocenters. The van der Waals surface area contributed by atoms with Crippen LogP contribution in [0.15, 0.2) is 18.2 Å². The fourth-order valence-electron chi connectivity index (χ4n) is 1.87. The smallest absolute Gasteiger partial charge is 0.123 e. The summed E-state index contributed by atoms with van der Waals surface area (Å²) in [6.07, 6.45) is 0. The van der Waals surface area contributed by atoms with Crippen molar-refractivity contribution in [2.75, 3.05) is 19.6 Å². The highest BCUT2D eigenvalue weighted by atomic mass is 19.1. The van der Waals surface area contributed by atoms with E-state index < -0.39 is 0 Å². The van der Waals surface area contributed by atoms with E-state index in [9.17, 15) is 9.50 Å². The summed E-state index contributed by atoms with van der Waals surface area (Å²) in [6, 6.07) is 4.04. The fraction of sp³-hybridized carbons (Fsp3) is 0.571. The van der Waals surface area contributed by atoms with Gasteiger partial charge in [0.15, 0.2) is 0 Å². The molecule has 0 spiro atoms. The van der Waals surface area contributed by atoms with Gasteiger partial charge in [-0.25, -0.2) is 4.39 Å². The van der Waals surface area contributed by atoms with Crippen LogP contribution in [0.3, 0.4) is 0 Å². The van der Waals surface area contributed by atoms with Crippen molar-refractivity contribution in [3.05, 3.63) is 29.6 Å². The number of nitrogens with zero attached hydrogens (tertiary/aromatic N) is 1. The van der Waals surface area contributed by atoms with Crippen LogP contribution in [0.5, 0.6) is 5.75 Å². The lowest BCUT2D eigenvalue weighted by molar-refractivity contribution is 0.182. The molecular formula is C14H23FN2O. The van der Waals surface area contributed by atoms with Crippen molar-refractivity contribution < 1.29 is 9.50 Å². The van der Waals surface area contributed by atoms with Gasteiger partial charge in [-0.15, -0.1) is 0 Å². The summed E-state index contributed by atoms with van der Waals surface area (Å²) in [6.45, 7) is 9.02. The first-order chi connectivity index (χ1) is 8.38. The van der Waals surface area contributed by atoms with Gasteiger partial charge in [0.2, 0.25) is 0 Å². The average Bonchev–Trinajstić information content (AvgIpc) is 2.32. The van der Waals surface area contributed by atoms with Crippen LogP contribution in [0, 0.1) is 11.2 Å². The lowest BCUT2D eigenvalue weighted by Crippen LogP contribution is -2.38. The molecule has 1 rings (SSSR count). The van der Waals surface area contributed by atoms with Gasteiger partial charge in [0.1, 0.15) is 11.6 Å². The number of benzene rings is 1. The molecule has 0 aromatic heterocycles. The maximum Gasteiger partial charge on any atom is 0.123 e. The molecule has 4 heteroatoms.